The highest BCUT2D eigenvalue weighted by atomic mass is 15.2. The van der Waals surface area contributed by atoms with Crippen LogP contribution in [0.1, 0.15) is 27.7 Å². The Labute approximate surface area is 62.4 Å². The van der Waals surface area contributed by atoms with E-state index in [4.69, 9.17) is 11.6 Å². The van der Waals surface area contributed by atoms with Gasteiger partial charge in [-0.2, -0.15) is 0 Å². The molecule has 0 rings (SSSR count). The highest BCUT2D eigenvalue weighted by Crippen LogP contribution is 2.21. The number of rotatable bonds is 1. The Hall–Kier alpha value is -0.700. The van der Waals surface area contributed by atoms with Crippen molar-refractivity contribution in [3.8, 4) is 0 Å². The van der Waals surface area contributed by atoms with E-state index < -0.39 is 0 Å². The second-order valence-corrected chi connectivity index (χ2v) is 3.43. The van der Waals surface area contributed by atoms with Crippen molar-refractivity contribution in [2.75, 3.05) is 0 Å². The van der Waals surface area contributed by atoms with E-state index in [9.17, 15) is 0 Å². The van der Waals surface area contributed by atoms with Gasteiger partial charge in [0.1, 0.15) is 0 Å². The summed E-state index contributed by atoms with van der Waals surface area (Å²) in [5, 5.41) is 0. The van der Waals surface area contributed by atoms with Gasteiger partial charge in [0.25, 0.3) is 0 Å². The van der Waals surface area contributed by atoms with Crippen molar-refractivity contribution in [3.63, 3.8) is 0 Å². The van der Waals surface area contributed by atoms with Crippen molar-refractivity contribution in [1.29, 1.82) is 0 Å². The van der Waals surface area contributed by atoms with Crippen LogP contribution in [-0.4, -0.2) is 0 Å². The van der Waals surface area contributed by atoms with Crippen molar-refractivity contribution >= 4 is 0 Å². The minimum absolute atomic E-state index is 0.00352. The fraction of sp³-hybridized carbons (Fsp3) is 0.714. The normalized spacial score (nSPS) is 14.5. The summed E-state index contributed by atoms with van der Waals surface area (Å²) in [7, 11) is 0. The molecule has 0 aliphatic heterocycles. The molecule has 0 saturated heterocycles. The third kappa shape index (κ3) is 2.27. The molecule has 10 heavy (non-hydrogen) atoms. The van der Waals surface area contributed by atoms with Gasteiger partial charge >= 0.3 is 0 Å². The van der Waals surface area contributed by atoms with Crippen LogP contribution in [-0.2, 0) is 0 Å². The Morgan fingerprint density at radius 1 is 1.30 bits per heavy atom. The highest BCUT2D eigenvalue weighted by molar-refractivity contribution is 5.12. The Kier molecular flexibility index (Phi) is 2.72. The first-order valence-electron chi connectivity index (χ1n) is 3.33. The van der Waals surface area contributed by atoms with Gasteiger partial charge in [-0.3, -0.25) is 5.84 Å². The Bertz CT molecular complexity index is 141. The van der Waals surface area contributed by atoms with Crippen molar-refractivity contribution in [2.45, 2.75) is 27.7 Å². The lowest BCUT2D eigenvalue weighted by Crippen LogP contribution is -2.28. The van der Waals surface area contributed by atoms with E-state index in [1.54, 1.807) is 0 Å². The molecule has 0 unspecified atom stereocenters. The molecular formula is C7H17N3. The van der Waals surface area contributed by atoms with Crippen LogP contribution in [0.25, 0.3) is 0 Å². The van der Waals surface area contributed by atoms with E-state index in [0.29, 0.717) is 0 Å². The molecule has 0 aliphatic rings. The minimum atomic E-state index is -0.00352. The standard InChI is InChI=1S/C7H17N3/c1-5(10-9)6(8)7(2,3)4/h10H,8-9H2,1-4H3/b6-5-. The van der Waals surface area contributed by atoms with Crippen LogP contribution in [0.4, 0.5) is 0 Å². The lowest BCUT2D eigenvalue weighted by molar-refractivity contribution is 0.486. The molecular weight excluding hydrogens is 126 g/mol. The first-order chi connectivity index (χ1) is 4.39. The smallest absolute Gasteiger partial charge is 0.0420 e. The van der Waals surface area contributed by atoms with Gasteiger partial charge in [0.2, 0.25) is 0 Å². The van der Waals surface area contributed by atoms with Crippen LogP contribution in [0.5, 0.6) is 0 Å². The molecule has 3 heteroatoms. The van der Waals surface area contributed by atoms with Crippen LogP contribution in [0.15, 0.2) is 11.4 Å². The largest absolute Gasteiger partial charge is 0.400 e. The van der Waals surface area contributed by atoms with E-state index in [0.717, 1.165) is 11.4 Å². The molecule has 3 nitrogen and oxygen atoms in total. The summed E-state index contributed by atoms with van der Waals surface area (Å²) in [6, 6.07) is 0. The average molecular weight is 143 g/mol. The number of nitrogens with two attached hydrogens (primary N) is 2. The van der Waals surface area contributed by atoms with Crippen molar-refractivity contribution in [2.24, 2.45) is 17.0 Å². The molecule has 0 aliphatic carbocycles. The highest BCUT2D eigenvalue weighted by Gasteiger charge is 2.15. The zero-order valence-corrected chi connectivity index (χ0v) is 7.15. The van der Waals surface area contributed by atoms with Gasteiger partial charge in [-0.15, -0.1) is 0 Å². The van der Waals surface area contributed by atoms with Gasteiger partial charge in [0.05, 0.1) is 0 Å². The summed E-state index contributed by atoms with van der Waals surface area (Å²) < 4.78 is 0. The average Bonchev–Trinajstić information content (AvgIpc) is 1.83. The van der Waals surface area contributed by atoms with E-state index in [1.165, 1.54) is 0 Å². The van der Waals surface area contributed by atoms with Crippen LogP contribution >= 0.6 is 0 Å². The minimum Gasteiger partial charge on any atom is -0.400 e. The Morgan fingerprint density at radius 3 is 1.80 bits per heavy atom. The van der Waals surface area contributed by atoms with E-state index in [2.05, 4.69) is 5.43 Å². The third-order valence-electron chi connectivity index (χ3n) is 1.43. The van der Waals surface area contributed by atoms with Crippen molar-refractivity contribution < 1.29 is 0 Å². The number of hydrogen-bond donors (Lipinski definition) is 3. The number of hydrogen-bond acceptors (Lipinski definition) is 3. The monoisotopic (exact) mass is 143 g/mol. The van der Waals surface area contributed by atoms with Crippen LogP contribution in [0, 0.1) is 5.41 Å². The van der Waals surface area contributed by atoms with E-state index >= 15 is 0 Å². The molecule has 0 saturated carbocycles. The molecule has 0 aromatic rings. The van der Waals surface area contributed by atoms with Gasteiger partial charge in [-0.25, -0.2) is 0 Å². The molecule has 0 radical (unpaired) electrons. The summed E-state index contributed by atoms with van der Waals surface area (Å²) in [6.07, 6.45) is 0. The van der Waals surface area contributed by atoms with Crippen molar-refractivity contribution in [3.05, 3.63) is 11.4 Å². The van der Waals surface area contributed by atoms with Gasteiger partial charge < -0.3 is 11.2 Å². The summed E-state index contributed by atoms with van der Waals surface area (Å²) in [5.74, 6) is 5.18. The first-order valence-corrected chi connectivity index (χ1v) is 3.33. The van der Waals surface area contributed by atoms with Gasteiger partial charge in [-0.1, -0.05) is 20.8 Å². The predicted octanol–water partition coefficient (Wildman–Crippen LogP) is 0.686. The molecule has 5 N–H and O–H groups in total. The molecule has 0 fully saturated rings. The second-order valence-electron chi connectivity index (χ2n) is 3.43. The first kappa shape index (κ1) is 9.30. The van der Waals surface area contributed by atoms with Gasteiger partial charge in [-0.05, 0) is 6.92 Å². The quantitative estimate of drug-likeness (QED) is 0.374. The number of hydrazine groups is 1. The molecule has 0 amide bonds. The summed E-state index contributed by atoms with van der Waals surface area (Å²) >= 11 is 0. The summed E-state index contributed by atoms with van der Waals surface area (Å²) in [5.41, 5.74) is 9.91. The summed E-state index contributed by atoms with van der Waals surface area (Å²) in [6.45, 7) is 8.00. The molecule has 0 aromatic heterocycles. The van der Waals surface area contributed by atoms with Crippen LogP contribution < -0.4 is 17.0 Å². The molecule has 0 atom stereocenters. The lowest BCUT2D eigenvalue weighted by atomic mass is 9.91. The second kappa shape index (κ2) is 2.92. The van der Waals surface area contributed by atoms with Crippen molar-refractivity contribution in [1.82, 2.24) is 5.43 Å². The fourth-order valence-electron chi connectivity index (χ4n) is 0.640. The maximum Gasteiger partial charge on any atom is 0.0420 e. The van der Waals surface area contributed by atoms with E-state index in [1.807, 2.05) is 27.7 Å². The fourth-order valence-corrected chi connectivity index (χ4v) is 0.640. The van der Waals surface area contributed by atoms with Gasteiger partial charge in [0, 0.05) is 16.8 Å². The zero-order valence-electron chi connectivity index (χ0n) is 7.15. The number of allylic oxidation sites excluding steroid dienone is 2. The molecule has 60 valence electrons. The SMILES string of the molecule is C/C(NN)=C(/N)C(C)(C)C. The van der Waals surface area contributed by atoms with Gasteiger partial charge in [0.15, 0.2) is 0 Å². The van der Waals surface area contributed by atoms with E-state index in [-0.39, 0.29) is 5.41 Å². The lowest BCUT2D eigenvalue weighted by Gasteiger charge is -2.21. The maximum absolute atomic E-state index is 5.74. The molecule has 0 bridgehead atoms. The van der Waals surface area contributed by atoms with Crippen LogP contribution in [0.2, 0.25) is 0 Å². The summed E-state index contributed by atoms with van der Waals surface area (Å²) in [4.78, 5) is 0. The number of nitrogens with one attached hydrogen (secondary N) is 1. The molecule has 0 spiro atoms. The van der Waals surface area contributed by atoms with Crippen LogP contribution in [0.3, 0.4) is 0 Å². The maximum atomic E-state index is 5.74. The molecule has 0 heterocycles. The third-order valence-corrected chi connectivity index (χ3v) is 1.43. The topological polar surface area (TPSA) is 64.1 Å². The molecule has 0 aromatic carbocycles. The predicted molar refractivity (Wildman–Crippen MR) is 43.7 cm³/mol. The zero-order chi connectivity index (χ0) is 8.36. The Balaban J connectivity index is 4.47. The Morgan fingerprint density at radius 2 is 1.70 bits per heavy atom.